The molecule has 0 radical (unpaired) electrons. The zero-order valence-corrected chi connectivity index (χ0v) is 7.59. The minimum atomic E-state index is -5.79. The number of sulfonamides is 1. The van der Waals surface area contributed by atoms with Gasteiger partial charge in [0.15, 0.2) is 0 Å². The number of carboxylic acids is 1. The maximum Gasteiger partial charge on any atom is 0.516 e. The van der Waals surface area contributed by atoms with E-state index in [-0.39, 0.29) is 12.2 Å². The summed E-state index contributed by atoms with van der Waals surface area (Å²) in [7, 11) is -5.79. The molecule has 86 valence electrons. The van der Waals surface area contributed by atoms with Gasteiger partial charge in [-0.2, -0.15) is 21.6 Å². The van der Waals surface area contributed by atoms with Crippen LogP contribution in [0.15, 0.2) is 12.2 Å². The summed E-state index contributed by atoms with van der Waals surface area (Å²) in [5, 5.41) is 7.98. The van der Waals surface area contributed by atoms with Gasteiger partial charge in [0.2, 0.25) is 0 Å². The number of carbonyl (C=O) groups excluding carboxylic acids is 1. The van der Waals surface area contributed by atoms with Gasteiger partial charge in [0.05, 0.1) is 0 Å². The van der Waals surface area contributed by atoms with Crippen LogP contribution in [0.4, 0.5) is 13.2 Å². The molecule has 0 heterocycles. The molecule has 0 rings (SSSR count). The number of hydrogen-bond acceptors (Lipinski definition) is 4. The number of alkyl halides is 3. The van der Waals surface area contributed by atoms with Crippen LogP contribution in [0, 0.1) is 0 Å². The van der Waals surface area contributed by atoms with Crippen LogP contribution in [0.1, 0.15) is 0 Å². The lowest BCUT2D eigenvalue weighted by molar-refractivity contribution is -0.131. The molecule has 0 bridgehead atoms. The van der Waals surface area contributed by atoms with Crippen LogP contribution in [-0.4, -0.2) is 30.9 Å². The van der Waals surface area contributed by atoms with E-state index in [1.807, 2.05) is 0 Å². The number of nitrogens with one attached hydrogen (secondary N) is 1. The van der Waals surface area contributed by atoms with Gasteiger partial charge in [0.25, 0.3) is 5.91 Å². The summed E-state index contributed by atoms with van der Waals surface area (Å²) in [5.74, 6) is -3.30. The number of halogens is 3. The second kappa shape index (κ2) is 4.29. The summed E-state index contributed by atoms with van der Waals surface area (Å²) in [6.07, 6.45) is 0.340. The van der Waals surface area contributed by atoms with Crippen molar-refractivity contribution in [1.82, 2.24) is 4.72 Å². The highest BCUT2D eigenvalue weighted by Gasteiger charge is 2.46. The van der Waals surface area contributed by atoms with Gasteiger partial charge >= 0.3 is 21.5 Å². The van der Waals surface area contributed by atoms with E-state index in [9.17, 15) is 31.2 Å². The Morgan fingerprint density at radius 2 is 1.67 bits per heavy atom. The highest BCUT2D eigenvalue weighted by atomic mass is 32.2. The van der Waals surface area contributed by atoms with Gasteiger partial charge in [-0.05, 0) is 0 Å². The number of rotatable bonds is 3. The average Bonchev–Trinajstić information content (AvgIpc) is 1.97. The van der Waals surface area contributed by atoms with Crippen molar-refractivity contribution in [2.45, 2.75) is 5.51 Å². The van der Waals surface area contributed by atoms with Crippen molar-refractivity contribution < 1.29 is 36.3 Å². The Kier molecular flexibility index (Phi) is 3.84. The van der Waals surface area contributed by atoms with Crippen molar-refractivity contribution >= 4 is 21.9 Å². The molecular formula is C5H4F3NO5S. The highest BCUT2D eigenvalue weighted by Crippen LogP contribution is 2.21. The Balaban J connectivity index is 4.65. The minimum absolute atomic E-state index is 0.144. The van der Waals surface area contributed by atoms with Crippen LogP contribution in [0.5, 0.6) is 0 Å². The fourth-order valence-electron chi connectivity index (χ4n) is 0.371. The summed E-state index contributed by atoms with van der Waals surface area (Å²) in [5.41, 5.74) is -5.63. The largest absolute Gasteiger partial charge is 0.516 e. The molecule has 0 aliphatic heterocycles. The topological polar surface area (TPSA) is 101 Å². The second-order valence-electron chi connectivity index (χ2n) is 2.09. The molecule has 0 unspecified atom stereocenters. The van der Waals surface area contributed by atoms with Crippen LogP contribution < -0.4 is 4.72 Å². The maximum atomic E-state index is 11.6. The number of hydrogen-bond donors (Lipinski definition) is 2. The van der Waals surface area contributed by atoms with E-state index in [2.05, 4.69) is 0 Å². The number of carboxylic acid groups (broad SMARTS) is 1. The lowest BCUT2D eigenvalue weighted by atomic mass is 10.5. The molecule has 0 aromatic carbocycles. The fourth-order valence-corrected chi connectivity index (χ4v) is 0.820. The molecule has 10 heteroatoms. The summed E-state index contributed by atoms with van der Waals surface area (Å²) < 4.78 is 56.1. The molecule has 0 atom stereocenters. The van der Waals surface area contributed by atoms with Crippen LogP contribution in [0.25, 0.3) is 0 Å². The molecular weight excluding hydrogens is 243 g/mol. The standard InChI is InChI=1S/C5H4F3NO5S/c6-5(7,8)15(13,14)9-3(10)1-2-4(11)12/h1-2H,(H,9,10)(H,11,12)/b2-1-. The number of amides is 1. The molecule has 15 heavy (non-hydrogen) atoms. The highest BCUT2D eigenvalue weighted by molar-refractivity contribution is 7.90. The van der Waals surface area contributed by atoms with E-state index in [4.69, 9.17) is 5.11 Å². The van der Waals surface area contributed by atoms with Crippen LogP contribution in [0.2, 0.25) is 0 Å². The maximum absolute atomic E-state index is 11.6. The summed E-state index contributed by atoms with van der Waals surface area (Å²) in [4.78, 5) is 20.3. The lowest BCUT2D eigenvalue weighted by Crippen LogP contribution is -2.39. The third-order valence-electron chi connectivity index (χ3n) is 0.917. The molecule has 0 spiro atoms. The van der Waals surface area contributed by atoms with Crippen LogP contribution in [-0.2, 0) is 19.6 Å². The number of carbonyl (C=O) groups is 2. The normalized spacial score (nSPS) is 12.7. The smallest absolute Gasteiger partial charge is 0.478 e. The Labute approximate surface area is 81.4 Å². The molecule has 0 aliphatic rings. The van der Waals surface area contributed by atoms with Gasteiger partial charge in [-0.3, -0.25) is 4.79 Å². The van der Waals surface area contributed by atoms with Crippen molar-refractivity contribution in [1.29, 1.82) is 0 Å². The molecule has 0 fully saturated rings. The molecule has 2 N–H and O–H groups in total. The summed E-state index contributed by atoms with van der Waals surface area (Å²) in [6.45, 7) is 0. The van der Waals surface area contributed by atoms with Crippen molar-refractivity contribution in [3.63, 3.8) is 0 Å². The van der Waals surface area contributed by atoms with Crippen LogP contribution in [0.3, 0.4) is 0 Å². The van der Waals surface area contributed by atoms with Gasteiger partial charge in [0, 0.05) is 12.2 Å². The second-order valence-corrected chi connectivity index (χ2v) is 3.76. The summed E-state index contributed by atoms with van der Waals surface area (Å²) in [6, 6.07) is 0. The van der Waals surface area contributed by atoms with E-state index >= 15 is 0 Å². The van der Waals surface area contributed by atoms with Gasteiger partial charge in [-0.15, -0.1) is 0 Å². The van der Waals surface area contributed by atoms with E-state index in [1.54, 1.807) is 0 Å². The van der Waals surface area contributed by atoms with E-state index in [0.717, 1.165) is 0 Å². The third kappa shape index (κ3) is 4.44. The zero-order valence-electron chi connectivity index (χ0n) is 6.78. The van der Waals surface area contributed by atoms with E-state index < -0.39 is 27.4 Å². The monoisotopic (exact) mass is 247 g/mol. The Hall–Kier alpha value is -1.58. The Morgan fingerprint density at radius 3 is 2.00 bits per heavy atom. The molecule has 0 saturated carbocycles. The predicted molar refractivity (Wildman–Crippen MR) is 39.9 cm³/mol. The average molecular weight is 247 g/mol. The first-order valence-electron chi connectivity index (χ1n) is 3.10. The fraction of sp³-hybridized carbons (Fsp3) is 0.200. The van der Waals surface area contributed by atoms with Gasteiger partial charge in [0.1, 0.15) is 0 Å². The first-order chi connectivity index (χ1) is 6.56. The van der Waals surface area contributed by atoms with Crippen molar-refractivity contribution in [2.24, 2.45) is 0 Å². The molecule has 0 aromatic rings. The first-order valence-corrected chi connectivity index (χ1v) is 4.58. The molecule has 0 aromatic heterocycles. The Bertz CT molecular complexity index is 395. The third-order valence-corrected chi connectivity index (χ3v) is 2.00. The number of aliphatic carboxylic acids is 1. The molecule has 0 saturated heterocycles. The SMILES string of the molecule is O=C(O)/C=C\C(=O)NS(=O)(=O)C(F)(F)F. The molecule has 6 nitrogen and oxygen atoms in total. The van der Waals surface area contributed by atoms with Gasteiger partial charge in [-0.25, -0.2) is 9.52 Å². The molecule has 1 amide bonds. The van der Waals surface area contributed by atoms with Gasteiger partial charge in [-0.1, -0.05) is 0 Å². The quantitative estimate of drug-likeness (QED) is 0.660. The first kappa shape index (κ1) is 13.4. The predicted octanol–water partition coefficient (Wildman–Crippen LogP) is -0.407. The minimum Gasteiger partial charge on any atom is -0.478 e. The summed E-state index contributed by atoms with van der Waals surface area (Å²) >= 11 is 0. The Morgan fingerprint density at radius 1 is 1.20 bits per heavy atom. The zero-order chi connectivity index (χ0) is 12.3. The molecule has 0 aliphatic carbocycles. The van der Waals surface area contributed by atoms with Gasteiger partial charge < -0.3 is 5.11 Å². The van der Waals surface area contributed by atoms with Crippen molar-refractivity contribution in [3.8, 4) is 0 Å². The van der Waals surface area contributed by atoms with Crippen LogP contribution >= 0.6 is 0 Å². The lowest BCUT2D eigenvalue weighted by Gasteiger charge is -2.06. The van der Waals surface area contributed by atoms with Crippen molar-refractivity contribution in [2.75, 3.05) is 0 Å². The van der Waals surface area contributed by atoms with Crippen molar-refractivity contribution in [3.05, 3.63) is 12.2 Å². The van der Waals surface area contributed by atoms with E-state index in [1.165, 1.54) is 0 Å². The van der Waals surface area contributed by atoms with E-state index in [0.29, 0.717) is 4.72 Å².